The molecule has 0 N–H and O–H groups in total. The van der Waals surface area contributed by atoms with Crippen LogP contribution in [0, 0.1) is 45.9 Å². The van der Waals surface area contributed by atoms with E-state index in [0.717, 1.165) is 32.9 Å². The van der Waals surface area contributed by atoms with Crippen LogP contribution in [0.5, 0.6) is 0 Å². The molecule has 2 radical (unpaired) electrons. The summed E-state index contributed by atoms with van der Waals surface area (Å²) in [6.45, 7) is 9.30. The standard InChI is InChI=1S/C39H30F12P2.C5.Fe/c1-21-9-22(2)12-30(11-21)52(31-13-23(3)10-24(4)14-31)25(5)34-7-6-8-35(34)53(32-17-26(36(40,41)42)15-27(18-32)37(43,44)45)33-19-28(38(46,47)48)16-29(20-33)39(49,50)51;1-2-4-5-3-1;/h6,8-20,25H,1-5H3;;/q2*-1;+2/t25-;;/m1../s1. The Morgan fingerprint density at radius 2 is 0.898 bits per heavy atom. The second-order valence-corrected chi connectivity index (χ2v) is 18.2. The van der Waals surface area contributed by atoms with Crippen molar-refractivity contribution in [3.05, 3.63) is 170 Å². The Bertz CT molecular complexity index is 2200. The van der Waals surface area contributed by atoms with Crippen molar-refractivity contribution in [2.24, 2.45) is 0 Å². The normalized spacial score (nSPS) is 13.2. The van der Waals surface area contributed by atoms with E-state index in [-0.39, 0.29) is 40.1 Å². The summed E-state index contributed by atoms with van der Waals surface area (Å²) in [6, 6.07) is 18.5. The van der Waals surface area contributed by atoms with Gasteiger partial charge in [0, 0.05) is 0 Å². The number of hydrogen-bond acceptors (Lipinski definition) is 0. The molecular weight excluding hydrogens is 874 g/mol. The van der Waals surface area contributed by atoms with Crippen LogP contribution in [0.2, 0.25) is 0 Å². The van der Waals surface area contributed by atoms with Gasteiger partial charge in [0.2, 0.25) is 0 Å². The van der Waals surface area contributed by atoms with E-state index >= 15 is 0 Å². The first kappa shape index (κ1) is 47.5. The zero-order chi connectivity index (χ0) is 43.0. The number of halogens is 12. The fourth-order valence-corrected chi connectivity index (χ4v) is 12.3. The Balaban J connectivity index is 0.00000119. The molecular formula is C44H30F12FeP2. The van der Waals surface area contributed by atoms with E-state index in [4.69, 9.17) is 0 Å². The van der Waals surface area contributed by atoms with Crippen LogP contribution in [-0.2, 0) is 41.8 Å². The summed E-state index contributed by atoms with van der Waals surface area (Å²) in [4.78, 5) is 0. The van der Waals surface area contributed by atoms with Crippen LogP contribution in [-0.4, -0.2) is 0 Å². The molecule has 59 heavy (non-hydrogen) atoms. The van der Waals surface area contributed by atoms with Crippen molar-refractivity contribution in [1.82, 2.24) is 0 Å². The van der Waals surface area contributed by atoms with Crippen molar-refractivity contribution >= 4 is 42.4 Å². The predicted molar refractivity (Wildman–Crippen MR) is 203 cm³/mol. The van der Waals surface area contributed by atoms with E-state index in [2.05, 4.69) is 35.4 Å². The molecule has 0 unspecified atom stereocenters. The fraction of sp³-hybridized carbons (Fsp3) is 0.227. The molecule has 1 aliphatic rings. The molecule has 15 heteroatoms. The Hall–Kier alpha value is -4.15. The quantitative estimate of drug-likeness (QED) is 0.0502. The third kappa shape index (κ3) is 11.8. The number of benzene rings is 4. The van der Waals surface area contributed by atoms with Gasteiger partial charge >= 0.3 is 41.8 Å². The monoisotopic (exact) mass is 904 g/mol. The third-order valence-electron chi connectivity index (χ3n) is 8.74. The van der Waals surface area contributed by atoms with Gasteiger partial charge in [0.25, 0.3) is 0 Å². The number of allylic oxidation sites excluding steroid dienone is 2. The third-order valence-corrected chi connectivity index (χ3v) is 13.8. The SMILES string of the molecule is Cc1cc(C)cc(P(c2cc(C)cc(C)c2)[C@H](C)c2[c]cc[c-]2P(c2cc(C(F)(F)F)cc(C(F)(F)F)c2)c2cc(C(F)(F)F)cc(C(F)(F)F)c2)c1.[C]1=C=C=C=[C-]1.[Fe+2]. The smallest absolute Gasteiger partial charge is 0.288 e. The first-order valence-electron chi connectivity index (χ1n) is 17.1. The number of rotatable bonds is 7. The van der Waals surface area contributed by atoms with Crippen LogP contribution in [0.15, 0.2) is 102 Å². The Morgan fingerprint density at radius 1 is 0.525 bits per heavy atom. The van der Waals surface area contributed by atoms with Gasteiger partial charge in [-0.25, -0.2) is 17.9 Å². The molecule has 0 bridgehead atoms. The maximum atomic E-state index is 14.1. The largest absolute Gasteiger partial charge is 2.00 e. The van der Waals surface area contributed by atoms with Crippen LogP contribution in [0.4, 0.5) is 52.7 Å². The number of alkyl halides is 12. The Labute approximate surface area is 346 Å². The molecule has 0 saturated heterocycles. The van der Waals surface area contributed by atoms with Crippen LogP contribution >= 0.6 is 15.8 Å². The van der Waals surface area contributed by atoms with E-state index in [1.807, 2.05) is 64.1 Å². The molecule has 0 spiro atoms. The number of hydrogen-bond donors (Lipinski definition) is 0. The topological polar surface area (TPSA) is 0 Å². The molecule has 308 valence electrons. The maximum Gasteiger partial charge on any atom is 2.00 e. The molecule has 5 aromatic rings. The van der Waals surface area contributed by atoms with Gasteiger partial charge < -0.3 is 0 Å². The van der Waals surface area contributed by atoms with E-state index < -0.39 is 79.1 Å². The van der Waals surface area contributed by atoms with Crippen molar-refractivity contribution in [2.45, 2.75) is 65.0 Å². The van der Waals surface area contributed by atoms with E-state index in [0.29, 0.717) is 24.3 Å². The van der Waals surface area contributed by atoms with Gasteiger partial charge in [-0.2, -0.15) is 64.3 Å². The summed E-state index contributed by atoms with van der Waals surface area (Å²) < 4.78 is 170. The molecule has 5 aromatic carbocycles. The molecule has 0 aliphatic heterocycles. The summed E-state index contributed by atoms with van der Waals surface area (Å²) in [5.41, 5.74) is 3.74. The molecule has 1 atom stereocenters. The molecule has 0 heterocycles. The van der Waals surface area contributed by atoms with Gasteiger partial charge in [-0.15, -0.1) is 17.5 Å². The zero-order valence-corrected chi connectivity index (χ0v) is 34.3. The van der Waals surface area contributed by atoms with Gasteiger partial charge in [0.15, 0.2) is 0 Å². The summed E-state index contributed by atoms with van der Waals surface area (Å²) >= 11 is 0. The van der Waals surface area contributed by atoms with Gasteiger partial charge in [-0.3, -0.25) is 11.5 Å². The second kappa shape index (κ2) is 18.2. The molecule has 0 nitrogen and oxygen atoms in total. The summed E-state index contributed by atoms with van der Waals surface area (Å²) in [6.07, 6.45) is -16.3. The van der Waals surface area contributed by atoms with Crippen molar-refractivity contribution in [3.8, 4) is 0 Å². The molecule has 1 aliphatic carbocycles. The van der Waals surface area contributed by atoms with Gasteiger partial charge in [0.1, 0.15) is 0 Å². The van der Waals surface area contributed by atoms with Crippen molar-refractivity contribution in [3.63, 3.8) is 0 Å². The molecule has 0 fully saturated rings. The molecule has 0 saturated carbocycles. The molecule has 0 aromatic heterocycles. The summed E-state index contributed by atoms with van der Waals surface area (Å²) in [7, 11) is -4.37. The average molecular weight is 904 g/mol. The van der Waals surface area contributed by atoms with E-state index in [9.17, 15) is 52.7 Å². The van der Waals surface area contributed by atoms with Crippen LogP contribution < -0.4 is 26.5 Å². The summed E-state index contributed by atoms with van der Waals surface area (Å²) in [5.74, 6) is 0. The van der Waals surface area contributed by atoms with Gasteiger partial charge in [0.05, 0.1) is 22.3 Å². The van der Waals surface area contributed by atoms with Gasteiger partial charge in [-0.1, -0.05) is 73.5 Å². The average Bonchev–Trinajstić information content (AvgIpc) is 3.83. The molecule has 0 amide bonds. The fourth-order valence-electron chi connectivity index (χ4n) is 6.53. The van der Waals surface area contributed by atoms with Crippen molar-refractivity contribution in [2.75, 3.05) is 0 Å². The van der Waals surface area contributed by atoms with E-state index in [1.54, 1.807) is 6.92 Å². The van der Waals surface area contributed by atoms with Crippen LogP contribution in [0.1, 0.15) is 62.7 Å². The van der Waals surface area contributed by atoms with E-state index in [1.165, 1.54) is 12.1 Å². The summed E-state index contributed by atoms with van der Waals surface area (Å²) in [5, 5.41) is 0.233. The number of aryl methyl sites for hydroxylation is 4. The minimum atomic E-state index is -5.34. The first-order chi connectivity index (χ1) is 26.8. The molecule has 6 rings (SSSR count). The predicted octanol–water partition coefficient (Wildman–Crippen LogP) is 12.1. The van der Waals surface area contributed by atoms with Crippen molar-refractivity contribution in [1.29, 1.82) is 0 Å². The zero-order valence-electron chi connectivity index (χ0n) is 31.4. The first-order valence-corrected chi connectivity index (χ1v) is 19.9. The van der Waals surface area contributed by atoms with Crippen LogP contribution in [0.3, 0.4) is 0 Å². The minimum Gasteiger partial charge on any atom is -0.288 e. The van der Waals surface area contributed by atoms with Gasteiger partial charge in [-0.05, 0) is 98.9 Å². The van der Waals surface area contributed by atoms with Crippen LogP contribution in [0.25, 0.3) is 0 Å². The minimum absolute atomic E-state index is 0. The second-order valence-electron chi connectivity index (χ2n) is 13.5. The van der Waals surface area contributed by atoms with Crippen molar-refractivity contribution < 1.29 is 69.8 Å². The Kier molecular flexibility index (Phi) is 14.7. The Morgan fingerprint density at radius 3 is 1.19 bits per heavy atom. The maximum absolute atomic E-state index is 14.1.